The van der Waals surface area contributed by atoms with Crippen LogP contribution in [0.25, 0.3) is 0 Å². The normalized spacial score (nSPS) is 11.1. The molecule has 1 rings (SSSR count). The number of amides is 1. The molecule has 6 nitrogen and oxygen atoms in total. The van der Waals surface area contributed by atoms with Crippen LogP contribution in [0.15, 0.2) is 29.2 Å². The van der Waals surface area contributed by atoms with Gasteiger partial charge in [0.2, 0.25) is 15.9 Å². The molecular weight excluding hydrogens is 218 g/mol. The van der Waals surface area contributed by atoms with Crippen molar-refractivity contribution in [1.82, 2.24) is 5.43 Å². The van der Waals surface area contributed by atoms with Crippen molar-refractivity contribution in [1.29, 1.82) is 0 Å². The Bertz CT molecular complexity index is 453. The van der Waals surface area contributed by atoms with Gasteiger partial charge in [0.1, 0.15) is 0 Å². The number of hydrogen-bond donors (Lipinski definition) is 3. The molecule has 0 saturated carbocycles. The minimum atomic E-state index is -3.68. The Kier molecular flexibility index (Phi) is 3.40. The number of primary sulfonamides is 1. The van der Waals surface area contributed by atoms with Crippen LogP contribution in [-0.4, -0.2) is 14.3 Å². The molecule has 0 bridgehead atoms. The Morgan fingerprint density at radius 3 is 2.20 bits per heavy atom. The highest BCUT2D eigenvalue weighted by atomic mass is 32.2. The maximum atomic E-state index is 10.9. The van der Waals surface area contributed by atoms with Gasteiger partial charge in [0.25, 0.3) is 0 Å². The first-order chi connectivity index (χ1) is 6.93. The van der Waals surface area contributed by atoms with Gasteiger partial charge in [0.05, 0.1) is 11.3 Å². The van der Waals surface area contributed by atoms with Crippen molar-refractivity contribution in [2.24, 2.45) is 11.0 Å². The van der Waals surface area contributed by atoms with E-state index in [2.05, 4.69) is 0 Å². The van der Waals surface area contributed by atoms with Crippen molar-refractivity contribution in [2.75, 3.05) is 0 Å². The number of carbonyl (C=O) groups is 1. The van der Waals surface area contributed by atoms with E-state index in [0.717, 1.165) is 0 Å². The lowest BCUT2D eigenvalue weighted by molar-refractivity contribution is -0.120. The maximum Gasteiger partial charge on any atom is 0.238 e. The van der Waals surface area contributed by atoms with Gasteiger partial charge in [-0.3, -0.25) is 10.2 Å². The van der Waals surface area contributed by atoms with Crippen molar-refractivity contribution >= 4 is 15.9 Å². The first-order valence-corrected chi connectivity index (χ1v) is 5.59. The van der Waals surface area contributed by atoms with Gasteiger partial charge in [0, 0.05) is 0 Å². The fourth-order valence-electron chi connectivity index (χ4n) is 1.03. The van der Waals surface area contributed by atoms with Gasteiger partial charge in [-0.15, -0.1) is 0 Å². The third-order valence-corrected chi connectivity index (χ3v) is 2.71. The number of benzene rings is 1. The molecule has 1 aromatic rings. The highest BCUT2D eigenvalue weighted by Gasteiger charge is 2.07. The molecule has 0 heterocycles. The van der Waals surface area contributed by atoms with Crippen molar-refractivity contribution in [2.45, 2.75) is 11.3 Å². The molecule has 0 unspecified atom stereocenters. The topological polar surface area (TPSA) is 115 Å². The fraction of sp³-hybridized carbons (Fsp3) is 0.125. The summed E-state index contributed by atoms with van der Waals surface area (Å²) in [4.78, 5) is 10.9. The van der Waals surface area contributed by atoms with E-state index >= 15 is 0 Å². The SMILES string of the molecule is NNC(=O)Cc1ccc(S(N)(=O)=O)cc1. The van der Waals surface area contributed by atoms with Crippen LogP contribution >= 0.6 is 0 Å². The average Bonchev–Trinajstić information content (AvgIpc) is 2.17. The molecule has 1 amide bonds. The van der Waals surface area contributed by atoms with E-state index in [9.17, 15) is 13.2 Å². The zero-order valence-corrected chi connectivity index (χ0v) is 8.62. The Labute approximate surface area is 87.3 Å². The van der Waals surface area contributed by atoms with Crippen molar-refractivity contribution < 1.29 is 13.2 Å². The first kappa shape index (κ1) is 11.6. The van der Waals surface area contributed by atoms with E-state index in [1.165, 1.54) is 24.3 Å². The summed E-state index contributed by atoms with van der Waals surface area (Å²) >= 11 is 0. The summed E-state index contributed by atoms with van der Waals surface area (Å²) < 4.78 is 21.8. The van der Waals surface area contributed by atoms with Gasteiger partial charge >= 0.3 is 0 Å². The van der Waals surface area contributed by atoms with Crippen molar-refractivity contribution in [3.05, 3.63) is 29.8 Å². The minimum absolute atomic E-state index is 0.0133. The lowest BCUT2D eigenvalue weighted by atomic mass is 10.1. The van der Waals surface area contributed by atoms with E-state index < -0.39 is 10.0 Å². The monoisotopic (exact) mass is 229 g/mol. The predicted molar refractivity (Wildman–Crippen MR) is 53.8 cm³/mol. The van der Waals surface area contributed by atoms with E-state index in [1.807, 2.05) is 5.43 Å². The molecule has 0 aliphatic rings. The molecule has 0 aromatic heterocycles. The van der Waals surface area contributed by atoms with Crippen LogP contribution in [-0.2, 0) is 21.2 Å². The predicted octanol–water partition coefficient (Wildman–Crippen LogP) is -1.13. The van der Waals surface area contributed by atoms with E-state index in [-0.39, 0.29) is 17.2 Å². The summed E-state index contributed by atoms with van der Waals surface area (Å²) in [6, 6.07) is 5.70. The molecule has 15 heavy (non-hydrogen) atoms. The summed E-state index contributed by atoms with van der Waals surface area (Å²) in [7, 11) is -3.68. The standard InChI is InChI=1S/C8H11N3O3S/c9-11-8(12)5-6-1-3-7(4-2-6)15(10,13)14/h1-4H,5,9H2,(H,11,12)(H2,10,13,14). The van der Waals surface area contributed by atoms with Gasteiger partial charge in [0.15, 0.2) is 0 Å². The van der Waals surface area contributed by atoms with E-state index in [1.54, 1.807) is 0 Å². The van der Waals surface area contributed by atoms with E-state index in [4.69, 9.17) is 11.0 Å². The molecule has 0 radical (unpaired) electrons. The van der Waals surface area contributed by atoms with Crippen LogP contribution in [0.4, 0.5) is 0 Å². The molecule has 1 aromatic carbocycles. The second-order valence-corrected chi connectivity index (χ2v) is 4.49. The fourth-order valence-corrected chi connectivity index (χ4v) is 1.55. The Morgan fingerprint density at radius 1 is 1.27 bits per heavy atom. The maximum absolute atomic E-state index is 10.9. The number of rotatable bonds is 3. The van der Waals surface area contributed by atoms with Gasteiger partial charge in [-0.05, 0) is 17.7 Å². The molecule has 0 aliphatic heterocycles. The third kappa shape index (κ3) is 3.31. The number of hydrogen-bond acceptors (Lipinski definition) is 4. The molecule has 0 fully saturated rings. The number of hydrazine groups is 1. The van der Waals surface area contributed by atoms with E-state index in [0.29, 0.717) is 5.56 Å². The van der Waals surface area contributed by atoms with Crippen LogP contribution in [0.1, 0.15) is 5.56 Å². The lowest BCUT2D eigenvalue weighted by Gasteiger charge is -2.01. The average molecular weight is 229 g/mol. The Morgan fingerprint density at radius 2 is 1.80 bits per heavy atom. The number of nitrogens with two attached hydrogens (primary N) is 2. The van der Waals surface area contributed by atoms with Crippen LogP contribution in [0.5, 0.6) is 0 Å². The quantitative estimate of drug-likeness (QED) is 0.345. The highest BCUT2D eigenvalue weighted by molar-refractivity contribution is 7.89. The molecule has 0 atom stereocenters. The summed E-state index contributed by atoms with van der Waals surface area (Å²) in [5.41, 5.74) is 2.63. The summed E-state index contributed by atoms with van der Waals surface area (Å²) in [6.45, 7) is 0. The van der Waals surface area contributed by atoms with Gasteiger partial charge in [-0.25, -0.2) is 19.4 Å². The largest absolute Gasteiger partial charge is 0.294 e. The van der Waals surface area contributed by atoms with Gasteiger partial charge < -0.3 is 0 Å². The lowest BCUT2D eigenvalue weighted by Crippen LogP contribution is -2.31. The second-order valence-electron chi connectivity index (χ2n) is 2.93. The summed E-state index contributed by atoms with van der Waals surface area (Å²) in [6.07, 6.45) is 0.0986. The van der Waals surface area contributed by atoms with Crippen LogP contribution in [0.3, 0.4) is 0 Å². The van der Waals surface area contributed by atoms with Crippen molar-refractivity contribution in [3.8, 4) is 0 Å². The van der Waals surface area contributed by atoms with Gasteiger partial charge in [-0.2, -0.15) is 0 Å². The zero-order chi connectivity index (χ0) is 11.5. The highest BCUT2D eigenvalue weighted by Crippen LogP contribution is 2.08. The molecular formula is C8H11N3O3S. The Hall–Kier alpha value is -1.44. The first-order valence-electron chi connectivity index (χ1n) is 4.04. The second kappa shape index (κ2) is 4.39. The Balaban J connectivity index is 2.86. The zero-order valence-electron chi connectivity index (χ0n) is 7.80. The van der Waals surface area contributed by atoms with Crippen molar-refractivity contribution in [3.63, 3.8) is 0 Å². The smallest absolute Gasteiger partial charge is 0.238 e. The van der Waals surface area contributed by atoms with Gasteiger partial charge in [-0.1, -0.05) is 12.1 Å². The molecule has 0 aliphatic carbocycles. The summed E-state index contributed by atoms with van der Waals surface area (Å²) in [5.74, 6) is 4.55. The molecule has 0 spiro atoms. The minimum Gasteiger partial charge on any atom is -0.294 e. The van der Waals surface area contributed by atoms with Crippen LogP contribution in [0, 0.1) is 0 Å². The molecule has 7 heteroatoms. The van der Waals surface area contributed by atoms with Crippen LogP contribution < -0.4 is 16.4 Å². The number of sulfonamides is 1. The third-order valence-electron chi connectivity index (χ3n) is 1.78. The molecule has 82 valence electrons. The number of nitrogens with one attached hydrogen (secondary N) is 1. The number of carbonyl (C=O) groups excluding carboxylic acids is 1. The van der Waals surface area contributed by atoms with Crippen LogP contribution in [0.2, 0.25) is 0 Å². The summed E-state index contributed by atoms with van der Waals surface area (Å²) in [5, 5.41) is 4.91. The molecule has 5 N–H and O–H groups in total. The molecule has 0 saturated heterocycles.